The molecule has 36 heavy (non-hydrogen) atoms. The second kappa shape index (κ2) is 9.19. The lowest BCUT2D eigenvalue weighted by Gasteiger charge is -2.51. The van der Waals surface area contributed by atoms with E-state index in [0.717, 1.165) is 37.0 Å². The summed E-state index contributed by atoms with van der Waals surface area (Å²) in [6, 6.07) is 24.9. The first kappa shape index (κ1) is 23.0. The number of hydrogen-bond donors (Lipinski definition) is 0. The molecule has 1 atom stereocenters. The first-order valence-electron chi connectivity index (χ1n) is 12.6. The molecule has 0 aliphatic carbocycles. The summed E-state index contributed by atoms with van der Waals surface area (Å²) in [6.07, 6.45) is 3.86. The Hall–Kier alpha value is -3.48. The highest BCUT2D eigenvalue weighted by molar-refractivity contribution is 5.41. The Morgan fingerprint density at radius 2 is 1.61 bits per heavy atom. The molecule has 0 amide bonds. The molecule has 0 spiro atoms. The Morgan fingerprint density at radius 1 is 0.944 bits per heavy atom. The number of rotatable bonds is 7. The zero-order valence-electron chi connectivity index (χ0n) is 20.1. The van der Waals surface area contributed by atoms with Crippen molar-refractivity contribution in [2.75, 3.05) is 19.6 Å². The van der Waals surface area contributed by atoms with Gasteiger partial charge in [-0.2, -0.15) is 0 Å². The van der Waals surface area contributed by atoms with Crippen molar-refractivity contribution >= 4 is 0 Å². The van der Waals surface area contributed by atoms with Gasteiger partial charge in [0.2, 0.25) is 0 Å². The van der Waals surface area contributed by atoms with Crippen LogP contribution in [0.25, 0.3) is 0 Å². The van der Waals surface area contributed by atoms with Crippen molar-refractivity contribution in [3.63, 3.8) is 0 Å². The number of benzene rings is 3. The van der Waals surface area contributed by atoms with E-state index >= 15 is 0 Å². The van der Waals surface area contributed by atoms with Gasteiger partial charge in [-0.3, -0.25) is 0 Å². The second-order valence-corrected chi connectivity index (χ2v) is 10.1. The third kappa shape index (κ3) is 4.21. The largest absolute Gasteiger partial charge is 0.836 e. The summed E-state index contributed by atoms with van der Waals surface area (Å²) in [5.74, 6) is 1.64. The van der Waals surface area contributed by atoms with Gasteiger partial charge in [-0.25, -0.2) is 9.37 Å². The number of nitrogens with zero attached hydrogens (tertiary/aromatic N) is 2. The molecule has 6 heteroatoms. The van der Waals surface area contributed by atoms with Crippen LogP contribution < -0.4 is 9.84 Å². The van der Waals surface area contributed by atoms with E-state index in [0.29, 0.717) is 35.1 Å². The molecule has 4 aromatic rings. The molecule has 1 aromatic heterocycles. The number of hydrogen-bond acceptors (Lipinski definition) is 4. The fraction of sp³-hybridized carbons (Fsp3) is 0.300. The number of ether oxygens (including phenoxy) is 1. The number of piperidine rings is 3. The summed E-state index contributed by atoms with van der Waals surface area (Å²) >= 11 is 0. The van der Waals surface area contributed by atoms with Crippen molar-refractivity contribution in [3.05, 3.63) is 120 Å². The highest BCUT2D eigenvalue weighted by Gasteiger charge is 2.47. The summed E-state index contributed by atoms with van der Waals surface area (Å²) in [4.78, 5) is 4.52. The Kier molecular flexibility index (Phi) is 5.86. The molecule has 7 rings (SSSR count). The zero-order chi connectivity index (χ0) is 24.6. The zero-order valence-corrected chi connectivity index (χ0v) is 20.1. The minimum Gasteiger partial charge on any atom is -0.836 e. The molecule has 2 bridgehead atoms. The van der Waals surface area contributed by atoms with Gasteiger partial charge >= 0.3 is 0 Å². The third-order valence-electron chi connectivity index (χ3n) is 7.83. The van der Waals surface area contributed by atoms with E-state index < -0.39 is 5.60 Å². The van der Waals surface area contributed by atoms with Crippen LogP contribution in [-0.2, 0) is 12.1 Å². The predicted molar refractivity (Wildman–Crippen MR) is 131 cm³/mol. The summed E-state index contributed by atoms with van der Waals surface area (Å²) in [5.41, 5.74) is -0.545. The standard InChI is InChI=1S/C30H29FN2O3/c31-25-12-7-13-26(18-25)35-28-21-33(16-14-22(28)15-17-33)20-27-19-32-29(36-27)30(34,23-8-3-1-4-9-23)24-10-5-2-6-11-24/h1-13,18-19,22,28H,14-17,20-21H2/t22?,28-,33?/m0/s1. The van der Waals surface area contributed by atoms with Crippen LogP contribution >= 0.6 is 0 Å². The monoisotopic (exact) mass is 484 g/mol. The molecular weight excluding hydrogens is 455 g/mol. The van der Waals surface area contributed by atoms with E-state index in [2.05, 4.69) is 4.98 Å². The van der Waals surface area contributed by atoms with E-state index in [1.807, 2.05) is 66.7 Å². The van der Waals surface area contributed by atoms with Crippen LogP contribution in [0.3, 0.4) is 0 Å². The third-order valence-corrected chi connectivity index (χ3v) is 7.83. The minimum absolute atomic E-state index is 0.0314. The van der Waals surface area contributed by atoms with Gasteiger partial charge in [-0.15, -0.1) is 0 Å². The summed E-state index contributed by atoms with van der Waals surface area (Å²) in [7, 11) is 0. The van der Waals surface area contributed by atoms with Crippen molar-refractivity contribution in [1.29, 1.82) is 0 Å². The molecule has 3 aliphatic rings. The van der Waals surface area contributed by atoms with Crippen molar-refractivity contribution in [3.8, 4) is 5.75 Å². The molecule has 5 nitrogen and oxygen atoms in total. The van der Waals surface area contributed by atoms with Crippen LogP contribution in [0.4, 0.5) is 4.39 Å². The van der Waals surface area contributed by atoms with Crippen molar-refractivity contribution in [2.45, 2.75) is 31.1 Å². The van der Waals surface area contributed by atoms with E-state index in [1.165, 1.54) is 12.1 Å². The molecule has 0 radical (unpaired) electrons. The molecule has 3 aromatic carbocycles. The lowest BCUT2D eigenvalue weighted by Crippen LogP contribution is -2.64. The topological polar surface area (TPSA) is 58.3 Å². The Morgan fingerprint density at radius 3 is 2.25 bits per heavy atom. The first-order valence-corrected chi connectivity index (χ1v) is 12.6. The van der Waals surface area contributed by atoms with E-state index in [-0.39, 0.29) is 17.8 Å². The summed E-state index contributed by atoms with van der Waals surface area (Å²) in [6.45, 7) is 3.55. The summed E-state index contributed by atoms with van der Waals surface area (Å²) in [5, 5.41) is 14.4. The van der Waals surface area contributed by atoms with E-state index in [9.17, 15) is 9.50 Å². The molecule has 3 saturated heterocycles. The average molecular weight is 485 g/mol. The normalized spacial score (nSPS) is 23.5. The molecule has 0 saturated carbocycles. The molecule has 3 aliphatic heterocycles. The molecule has 184 valence electrons. The molecule has 0 unspecified atom stereocenters. The van der Waals surface area contributed by atoms with Gasteiger partial charge < -0.3 is 18.7 Å². The lowest BCUT2D eigenvalue weighted by molar-refractivity contribution is -0.958. The quantitative estimate of drug-likeness (QED) is 0.358. The van der Waals surface area contributed by atoms with Crippen LogP contribution in [0.1, 0.15) is 35.6 Å². The Labute approximate surface area is 210 Å². The van der Waals surface area contributed by atoms with Crippen LogP contribution in [0.15, 0.2) is 95.5 Å². The number of quaternary nitrogens is 1. The molecule has 0 N–H and O–H groups in total. The van der Waals surface area contributed by atoms with E-state index in [4.69, 9.17) is 9.15 Å². The fourth-order valence-corrected chi connectivity index (χ4v) is 5.93. The molecule has 4 heterocycles. The fourth-order valence-electron chi connectivity index (χ4n) is 5.93. The highest BCUT2D eigenvalue weighted by Crippen LogP contribution is 2.39. The Bertz CT molecular complexity index is 1280. The molecular formula is C30H29FN2O3. The number of aromatic nitrogens is 1. The number of fused-ring (bicyclic) bond motifs is 3. The maximum absolute atomic E-state index is 14.4. The van der Waals surface area contributed by atoms with Gasteiger partial charge in [-0.1, -0.05) is 66.7 Å². The van der Waals surface area contributed by atoms with Gasteiger partial charge in [0, 0.05) is 30.4 Å². The maximum atomic E-state index is 14.4. The van der Waals surface area contributed by atoms with Gasteiger partial charge in [0.05, 0.1) is 19.3 Å². The van der Waals surface area contributed by atoms with E-state index in [1.54, 1.807) is 12.3 Å². The van der Waals surface area contributed by atoms with Gasteiger partial charge in [0.1, 0.15) is 24.7 Å². The number of halogens is 1. The van der Waals surface area contributed by atoms with Crippen LogP contribution in [0.2, 0.25) is 0 Å². The number of oxazole rings is 1. The second-order valence-electron chi connectivity index (χ2n) is 10.1. The van der Waals surface area contributed by atoms with Crippen molar-refractivity contribution in [2.24, 2.45) is 5.92 Å². The van der Waals surface area contributed by atoms with Crippen molar-refractivity contribution in [1.82, 2.24) is 4.98 Å². The lowest BCUT2D eigenvalue weighted by atomic mass is 9.83. The Balaban J connectivity index is 1.26. The summed E-state index contributed by atoms with van der Waals surface area (Å²) < 4.78 is 27.0. The van der Waals surface area contributed by atoms with Crippen LogP contribution in [0.5, 0.6) is 5.75 Å². The smallest absolute Gasteiger partial charge is 0.193 e. The van der Waals surface area contributed by atoms with Gasteiger partial charge in [-0.05, 0) is 23.3 Å². The van der Waals surface area contributed by atoms with Crippen LogP contribution in [0, 0.1) is 11.7 Å². The van der Waals surface area contributed by atoms with Crippen molar-refractivity contribution < 1.29 is 23.1 Å². The molecule has 3 fully saturated rings. The highest BCUT2D eigenvalue weighted by atomic mass is 19.1. The van der Waals surface area contributed by atoms with Crippen LogP contribution in [-0.4, -0.2) is 35.2 Å². The minimum atomic E-state index is -1.74. The van der Waals surface area contributed by atoms with Gasteiger partial charge in [0.25, 0.3) is 0 Å². The first-order chi connectivity index (χ1) is 17.5. The SMILES string of the molecule is [O-]C(c1ccccc1)(c1ccccc1)c1ncc(C[N+]23CCC(CC2)[C@@H](Oc2cccc(F)c2)C3)o1. The maximum Gasteiger partial charge on any atom is 0.193 e. The average Bonchev–Trinajstić information content (AvgIpc) is 3.38. The predicted octanol–water partition coefficient (Wildman–Crippen LogP) is 4.65. The van der Waals surface area contributed by atoms with Gasteiger partial charge in [0.15, 0.2) is 17.8 Å².